The number of para-hydroxylation sites is 2. The second-order valence-corrected chi connectivity index (χ2v) is 10.3. The number of nitrogens with one attached hydrogen (secondary N) is 1. The van der Waals surface area contributed by atoms with E-state index >= 15 is 0 Å². The van der Waals surface area contributed by atoms with Crippen LogP contribution in [0.4, 0.5) is 11.4 Å². The second kappa shape index (κ2) is 10.6. The molecule has 3 aromatic rings. The highest BCUT2D eigenvalue weighted by molar-refractivity contribution is 7.89. The van der Waals surface area contributed by atoms with Crippen LogP contribution in [0, 0.1) is 0 Å². The summed E-state index contributed by atoms with van der Waals surface area (Å²) in [5.74, 6) is 0.671. The highest BCUT2D eigenvalue weighted by Crippen LogP contribution is 2.32. The van der Waals surface area contributed by atoms with Gasteiger partial charge in [-0.2, -0.15) is 4.31 Å². The topological polar surface area (TPSA) is 88.2 Å². The molecule has 0 unspecified atom stereocenters. The number of carbonyl (C=O) groups excluding carboxylic acids is 1. The summed E-state index contributed by atoms with van der Waals surface area (Å²) < 4.78 is 39.1. The van der Waals surface area contributed by atoms with E-state index in [1.807, 2.05) is 24.3 Å². The van der Waals surface area contributed by atoms with Gasteiger partial charge >= 0.3 is 0 Å². The molecule has 1 N–H and O–H groups in total. The van der Waals surface area contributed by atoms with Gasteiger partial charge < -0.3 is 19.7 Å². The summed E-state index contributed by atoms with van der Waals surface area (Å²) in [6, 6.07) is 18.6. The van der Waals surface area contributed by atoms with Crippen LogP contribution in [0.2, 0.25) is 5.02 Å². The second-order valence-electron chi connectivity index (χ2n) is 7.89. The van der Waals surface area contributed by atoms with Crippen molar-refractivity contribution in [2.45, 2.75) is 4.90 Å². The van der Waals surface area contributed by atoms with Crippen molar-refractivity contribution in [1.82, 2.24) is 4.31 Å². The molecule has 1 aliphatic rings. The van der Waals surface area contributed by atoms with E-state index in [1.54, 1.807) is 25.3 Å². The smallest absolute Gasteiger partial charge is 0.255 e. The maximum Gasteiger partial charge on any atom is 0.255 e. The van der Waals surface area contributed by atoms with Crippen LogP contribution in [0.1, 0.15) is 10.4 Å². The molecule has 0 atom stereocenters. The molecule has 1 fully saturated rings. The zero-order chi connectivity index (χ0) is 25.0. The lowest BCUT2D eigenvalue weighted by Crippen LogP contribution is -2.48. The van der Waals surface area contributed by atoms with Crippen LogP contribution in [-0.2, 0) is 10.0 Å². The number of hydrogen-bond donors (Lipinski definition) is 1. The minimum absolute atomic E-state index is 0.0745. The van der Waals surface area contributed by atoms with Crippen LogP contribution < -0.4 is 19.7 Å². The van der Waals surface area contributed by atoms with Gasteiger partial charge in [-0.3, -0.25) is 4.79 Å². The number of piperazine rings is 1. The monoisotopic (exact) mass is 515 g/mol. The first-order chi connectivity index (χ1) is 16.8. The van der Waals surface area contributed by atoms with Crippen LogP contribution >= 0.6 is 11.6 Å². The van der Waals surface area contributed by atoms with E-state index in [4.69, 9.17) is 21.1 Å². The standard InChI is InChI=1S/C25H26ClN3O5S/c1-33-23-11-10-20(17-21(23)27-25(30)18-6-5-7-19(26)16-18)35(31,32)29-14-12-28(13-15-29)22-8-3-4-9-24(22)34-2/h3-11,16-17H,12-15H2,1-2H3,(H,27,30). The van der Waals surface area contributed by atoms with Gasteiger partial charge in [-0.15, -0.1) is 0 Å². The predicted octanol–water partition coefficient (Wildman–Crippen LogP) is 4.12. The van der Waals surface area contributed by atoms with E-state index in [0.717, 1.165) is 11.4 Å². The molecule has 10 heteroatoms. The average Bonchev–Trinajstić information content (AvgIpc) is 2.88. The van der Waals surface area contributed by atoms with Crippen molar-refractivity contribution in [3.63, 3.8) is 0 Å². The first-order valence-corrected chi connectivity index (χ1v) is 12.8. The third-order valence-electron chi connectivity index (χ3n) is 5.81. The Morgan fingerprint density at radius 1 is 0.886 bits per heavy atom. The highest BCUT2D eigenvalue weighted by atomic mass is 35.5. The van der Waals surface area contributed by atoms with Crippen molar-refractivity contribution in [3.8, 4) is 11.5 Å². The lowest BCUT2D eigenvalue weighted by molar-refractivity contribution is 0.102. The first-order valence-electron chi connectivity index (χ1n) is 11.0. The van der Waals surface area contributed by atoms with Crippen molar-refractivity contribution in [1.29, 1.82) is 0 Å². The SMILES string of the molecule is COc1ccc(S(=O)(=O)N2CCN(c3ccccc3OC)CC2)cc1NC(=O)c1cccc(Cl)c1. The summed E-state index contributed by atoms with van der Waals surface area (Å²) in [5.41, 5.74) is 1.54. The Morgan fingerprint density at radius 3 is 2.29 bits per heavy atom. The molecule has 0 aromatic heterocycles. The summed E-state index contributed by atoms with van der Waals surface area (Å²) in [7, 11) is -0.719. The number of ether oxygens (including phenoxy) is 2. The van der Waals surface area contributed by atoms with E-state index in [0.29, 0.717) is 42.5 Å². The Balaban J connectivity index is 1.53. The lowest BCUT2D eigenvalue weighted by Gasteiger charge is -2.36. The quantitative estimate of drug-likeness (QED) is 0.509. The minimum atomic E-state index is -3.79. The lowest BCUT2D eigenvalue weighted by atomic mass is 10.2. The van der Waals surface area contributed by atoms with Gasteiger partial charge in [0.1, 0.15) is 11.5 Å². The van der Waals surface area contributed by atoms with Gasteiger partial charge in [0.15, 0.2) is 0 Å². The first kappa shape index (κ1) is 24.8. The number of nitrogens with zero attached hydrogens (tertiary/aromatic N) is 2. The van der Waals surface area contributed by atoms with E-state index < -0.39 is 15.9 Å². The van der Waals surface area contributed by atoms with Gasteiger partial charge in [0.25, 0.3) is 5.91 Å². The van der Waals surface area contributed by atoms with E-state index in [9.17, 15) is 13.2 Å². The summed E-state index contributed by atoms with van der Waals surface area (Å²) >= 11 is 5.99. The molecule has 1 aliphatic heterocycles. The van der Waals surface area contributed by atoms with Crippen molar-refractivity contribution < 1.29 is 22.7 Å². The maximum absolute atomic E-state index is 13.4. The maximum atomic E-state index is 13.4. The van der Waals surface area contributed by atoms with Crippen molar-refractivity contribution >= 4 is 38.9 Å². The predicted molar refractivity (Wildman–Crippen MR) is 136 cm³/mol. The van der Waals surface area contributed by atoms with Crippen molar-refractivity contribution in [2.75, 3.05) is 50.6 Å². The zero-order valence-corrected chi connectivity index (χ0v) is 21.0. The number of rotatable bonds is 7. The Hall–Kier alpha value is -3.27. The molecule has 1 amide bonds. The Kier molecular flexibility index (Phi) is 7.49. The Labute approximate surface area is 210 Å². The summed E-state index contributed by atoms with van der Waals surface area (Å²) in [5, 5.41) is 3.16. The fraction of sp³-hybridized carbons (Fsp3) is 0.240. The number of hydrogen-bond acceptors (Lipinski definition) is 6. The van der Waals surface area contributed by atoms with Crippen LogP contribution in [0.5, 0.6) is 11.5 Å². The number of methoxy groups -OCH3 is 2. The van der Waals surface area contributed by atoms with E-state index in [2.05, 4.69) is 10.2 Å². The number of sulfonamides is 1. The number of carbonyl (C=O) groups is 1. The molecule has 0 spiro atoms. The van der Waals surface area contributed by atoms with E-state index in [-0.39, 0.29) is 10.6 Å². The van der Waals surface area contributed by atoms with Gasteiger partial charge in [-0.1, -0.05) is 29.8 Å². The molecule has 1 saturated heterocycles. The molecule has 0 aliphatic carbocycles. The van der Waals surface area contributed by atoms with Crippen LogP contribution in [-0.4, -0.2) is 59.0 Å². The average molecular weight is 516 g/mol. The van der Waals surface area contributed by atoms with Gasteiger partial charge in [-0.25, -0.2) is 8.42 Å². The molecule has 8 nitrogen and oxygen atoms in total. The normalized spacial score (nSPS) is 14.4. The van der Waals surface area contributed by atoms with Gasteiger partial charge in [-0.05, 0) is 48.5 Å². The third kappa shape index (κ3) is 5.37. The van der Waals surface area contributed by atoms with Gasteiger partial charge in [0.05, 0.1) is 30.5 Å². The summed E-state index contributed by atoms with van der Waals surface area (Å²) in [6.45, 7) is 1.68. The van der Waals surface area contributed by atoms with Gasteiger partial charge in [0.2, 0.25) is 10.0 Å². The van der Waals surface area contributed by atoms with Crippen molar-refractivity contribution in [3.05, 3.63) is 77.3 Å². The Morgan fingerprint density at radius 2 is 1.60 bits per heavy atom. The third-order valence-corrected chi connectivity index (χ3v) is 7.94. The number of benzene rings is 3. The van der Waals surface area contributed by atoms with Gasteiger partial charge in [0, 0.05) is 36.8 Å². The molecule has 0 saturated carbocycles. The highest BCUT2D eigenvalue weighted by Gasteiger charge is 2.30. The molecule has 3 aromatic carbocycles. The molecular weight excluding hydrogens is 490 g/mol. The van der Waals surface area contributed by atoms with Crippen LogP contribution in [0.15, 0.2) is 71.6 Å². The largest absolute Gasteiger partial charge is 0.495 e. The Bertz CT molecular complexity index is 1320. The fourth-order valence-corrected chi connectivity index (χ4v) is 5.62. The molecule has 4 rings (SSSR count). The molecule has 0 radical (unpaired) electrons. The zero-order valence-electron chi connectivity index (χ0n) is 19.4. The van der Waals surface area contributed by atoms with Crippen molar-refractivity contribution in [2.24, 2.45) is 0 Å². The summed E-state index contributed by atoms with van der Waals surface area (Å²) in [4.78, 5) is 14.9. The molecule has 1 heterocycles. The minimum Gasteiger partial charge on any atom is -0.495 e. The summed E-state index contributed by atoms with van der Waals surface area (Å²) in [6.07, 6.45) is 0. The number of amides is 1. The van der Waals surface area contributed by atoms with Crippen LogP contribution in [0.25, 0.3) is 0 Å². The van der Waals surface area contributed by atoms with Crippen LogP contribution in [0.3, 0.4) is 0 Å². The number of anilines is 2. The molecule has 0 bridgehead atoms. The number of halogens is 1. The molecule has 184 valence electrons. The van der Waals surface area contributed by atoms with E-state index in [1.165, 1.54) is 35.7 Å². The molecule has 35 heavy (non-hydrogen) atoms. The molecular formula is C25H26ClN3O5S. The fourth-order valence-electron chi connectivity index (χ4n) is 3.98.